The molecule has 0 aliphatic heterocycles. The van der Waals surface area contributed by atoms with E-state index in [4.69, 9.17) is 28.0 Å². The number of nitrogens with one attached hydrogen (secondary N) is 3. The van der Waals surface area contributed by atoms with Gasteiger partial charge >= 0.3 is 0 Å². The Kier molecular flexibility index (Phi) is 5.69. The summed E-state index contributed by atoms with van der Waals surface area (Å²) in [6, 6.07) is 6.30. The Morgan fingerprint density at radius 1 is 1.52 bits per heavy atom. The first-order valence-corrected chi connectivity index (χ1v) is 6.41. The van der Waals surface area contributed by atoms with E-state index in [1.165, 1.54) is 12.1 Å². The van der Waals surface area contributed by atoms with Crippen LogP contribution in [0.3, 0.4) is 0 Å². The number of carbonyl (C=O) groups excluding carboxylic acids is 1. The zero-order valence-corrected chi connectivity index (χ0v) is 12.3. The van der Waals surface area contributed by atoms with Crippen LogP contribution < -0.4 is 16.5 Å². The van der Waals surface area contributed by atoms with Crippen molar-refractivity contribution in [3.05, 3.63) is 28.8 Å². The molecule has 7 nitrogen and oxygen atoms in total. The van der Waals surface area contributed by atoms with Crippen LogP contribution in [0.25, 0.3) is 0 Å². The van der Waals surface area contributed by atoms with Gasteiger partial charge in [-0.1, -0.05) is 11.6 Å². The highest BCUT2D eigenvalue weighted by atomic mass is 35.5. The summed E-state index contributed by atoms with van der Waals surface area (Å²) in [5.74, 6) is -0.712. The number of benzene rings is 1. The van der Waals surface area contributed by atoms with Gasteiger partial charge in [0, 0.05) is 6.04 Å². The second-order valence-electron chi connectivity index (χ2n) is 4.42. The van der Waals surface area contributed by atoms with Gasteiger partial charge in [0.15, 0.2) is 5.84 Å². The summed E-state index contributed by atoms with van der Waals surface area (Å²) in [6.45, 7) is 3.70. The predicted molar refractivity (Wildman–Crippen MR) is 82.6 cm³/mol. The van der Waals surface area contributed by atoms with E-state index in [9.17, 15) is 4.79 Å². The van der Waals surface area contributed by atoms with Gasteiger partial charge in [0.1, 0.15) is 6.07 Å². The van der Waals surface area contributed by atoms with Crippen LogP contribution in [0.2, 0.25) is 5.02 Å². The van der Waals surface area contributed by atoms with Crippen molar-refractivity contribution in [2.24, 2.45) is 10.8 Å². The highest BCUT2D eigenvalue weighted by Crippen LogP contribution is 2.21. The summed E-state index contributed by atoms with van der Waals surface area (Å²) < 4.78 is 0. The topological polar surface area (TPSA) is 127 Å². The summed E-state index contributed by atoms with van der Waals surface area (Å²) >= 11 is 6.04. The number of amides is 1. The monoisotopic (exact) mass is 306 g/mol. The van der Waals surface area contributed by atoms with Crippen molar-refractivity contribution >= 4 is 34.7 Å². The number of nitriles is 1. The minimum atomic E-state index is -0.441. The molecule has 0 saturated heterocycles. The smallest absolute Gasteiger partial charge is 0.252 e. The Hall–Kier alpha value is -2.59. The van der Waals surface area contributed by atoms with Gasteiger partial charge < -0.3 is 11.1 Å². The molecule has 0 radical (unpaired) electrons. The lowest BCUT2D eigenvalue weighted by atomic mass is 10.2. The van der Waals surface area contributed by atoms with Gasteiger partial charge in [-0.25, -0.2) is 0 Å². The standard InChI is InChI=1S/C13H15ClN6O/c1-7(2)18-13(21)9-4-3-8(5-10(9)14)19-20-11(6-15)12(16)17/h3-5,7,19H,1-2H3,(H3,16,17)(H,18,21)/b20-11+. The molecule has 0 saturated carbocycles. The predicted octanol–water partition coefficient (Wildman–Crippen LogP) is 1.71. The molecule has 8 heteroatoms. The Balaban J connectivity index is 2.91. The fraction of sp³-hybridized carbons (Fsp3) is 0.231. The molecule has 0 unspecified atom stereocenters. The molecular formula is C13H15ClN6O. The van der Waals surface area contributed by atoms with E-state index in [-0.39, 0.29) is 22.7 Å². The average Bonchev–Trinajstić information content (AvgIpc) is 2.38. The number of nitrogens with two attached hydrogens (primary N) is 1. The number of halogens is 1. The summed E-state index contributed by atoms with van der Waals surface area (Å²) in [4.78, 5) is 11.9. The van der Waals surface area contributed by atoms with Crippen LogP contribution in [0.1, 0.15) is 24.2 Å². The molecule has 0 bridgehead atoms. The molecule has 1 aromatic rings. The number of hydrazone groups is 1. The molecule has 0 heterocycles. The van der Waals surface area contributed by atoms with Crippen molar-refractivity contribution in [1.29, 1.82) is 10.7 Å². The SMILES string of the molecule is CC(C)NC(=O)c1ccc(N/N=C(\C#N)C(=N)N)cc1Cl. The van der Waals surface area contributed by atoms with Crippen LogP contribution in [0, 0.1) is 16.7 Å². The first-order valence-electron chi connectivity index (χ1n) is 6.03. The Morgan fingerprint density at radius 3 is 2.67 bits per heavy atom. The first-order chi connectivity index (χ1) is 9.85. The summed E-state index contributed by atoms with van der Waals surface area (Å²) in [6.07, 6.45) is 0. The Morgan fingerprint density at radius 2 is 2.19 bits per heavy atom. The second kappa shape index (κ2) is 7.26. The van der Waals surface area contributed by atoms with Crippen molar-refractivity contribution < 1.29 is 4.79 Å². The number of amidine groups is 1. The number of nitrogens with zero attached hydrogens (tertiary/aromatic N) is 2. The van der Waals surface area contributed by atoms with Crippen molar-refractivity contribution in [1.82, 2.24) is 5.32 Å². The van der Waals surface area contributed by atoms with E-state index >= 15 is 0 Å². The van der Waals surface area contributed by atoms with Crippen LogP contribution in [0.5, 0.6) is 0 Å². The number of anilines is 1. The van der Waals surface area contributed by atoms with Crippen LogP contribution in [-0.2, 0) is 0 Å². The summed E-state index contributed by atoms with van der Waals surface area (Å²) in [5.41, 5.74) is 8.28. The molecule has 1 amide bonds. The minimum Gasteiger partial charge on any atom is -0.382 e. The fourth-order valence-electron chi connectivity index (χ4n) is 1.37. The minimum absolute atomic E-state index is 0.00437. The second-order valence-corrected chi connectivity index (χ2v) is 4.83. The van der Waals surface area contributed by atoms with E-state index in [0.717, 1.165) is 0 Å². The maximum Gasteiger partial charge on any atom is 0.252 e. The number of hydrogen-bond donors (Lipinski definition) is 4. The third-order valence-electron chi connectivity index (χ3n) is 2.29. The van der Waals surface area contributed by atoms with Gasteiger partial charge in [0.2, 0.25) is 5.71 Å². The van der Waals surface area contributed by atoms with Gasteiger partial charge in [-0.3, -0.25) is 15.6 Å². The normalized spacial score (nSPS) is 10.9. The van der Waals surface area contributed by atoms with E-state index in [2.05, 4.69) is 15.8 Å². The van der Waals surface area contributed by atoms with Crippen molar-refractivity contribution in [3.8, 4) is 6.07 Å². The van der Waals surface area contributed by atoms with Gasteiger partial charge in [-0.2, -0.15) is 10.4 Å². The maximum absolute atomic E-state index is 11.9. The number of hydrogen-bond acceptors (Lipinski definition) is 5. The lowest BCUT2D eigenvalue weighted by Crippen LogP contribution is -2.30. The highest BCUT2D eigenvalue weighted by molar-refractivity contribution is 6.45. The largest absolute Gasteiger partial charge is 0.382 e. The molecular weight excluding hydrogens is 292 g/mol. The fourth-order valence-corrected chi connectivity index (χ4v) is 1.64. The van der Waals surface area contributed by atoms with Crippen LogP contribution >= 0.6 is 11.6 Å². The molecule has 1 aromatic carbocycles. The molecule has 0 aliphatic carbocycles. The lowest BCUT2D eigenvalue weighted by Gasteiger charge is -2.10. The van der Waals surface area contributed by atoms with Crippen molar-refractivity contribution in [2.75, 3.05) is 5.43 Å². The van der Waals surface area contributed by atoms with E-state index < -0.39 is 5.84 Å². The van der Waals surface area contributed by atoms with Gasteiger partial charge in [0.05, 0.1) is 16.3 Å². The molecule has 0 atom stereocenters. The molecule has 0 aromatic heterocycles. The number of rotatable bonds is 5. The van der Waals surface area contributed by atoms with E-state index in [1.807, 2.05) is 13.8 Å². The van der Waals surface area contributed by atoms with E-state index in [0.29, 0.717) is 11.3 Å². The lowest BCUT2D eigenvalue weighted by molar-refractivity contribution is 0.0943. The van der Waals surface area contributed by atoms with Crippen molar-refractivity contribution in [3.63, 3.8) is 0 Å². The zero-order chi connectivity index (χ0) is 16.0. The molecule has 110 valence electrons. The average molecular weight is 307 g/mol. The molecule has 21 heavy (non-hydrogen) atoms. The zero-order valence-electron chi connectivity index (χ0n) is 11.6. The highest BCUT2D eigenvalue weighted by Gasteiger charge is 2.11. The van der Waals surface area contributed by atoms with Crippen LogP contribution in [-0.4, -0.2) is 23.5 Å². The maximum atomic E-state index is 11.9. The quantitative estimate of drug-likeness (QED) is 0.375. The van der Waals surface area contributed by atoms with E-state index in [1.54, 1.807) is 12.1 Å². The molecule has 1 rings (SSSR count). The van der Waals surface area contributed by atoms with Gasteiger partial charge in [0.25, 0.3) is 5.91 Å². The molecule has 0 aliphatic rings. The van der Waals surface area contributed by atoms with Crippen molar-refractivity contribution in [2.45, 2.75) is 19.9 Å². The molecule has 0 spiro atoms. The molecule has 0 fully saturated rings. The summed E-state index contributed by atoms with van der Waals surface area (Å²) in [7, 11) is 0. The Bertz CT molecular complexity index is 632. The first kappa shape index (κ1) is 16.5. The Labute approximate surface area is 127 Å². The van der Waals surface area contributed by atoms with Crippen LogP contribution in [0.15, 0.2) is 23.3 Å². The third kappa shape index (κ3) is 4.78. The summed E-state index contributed by atoms with van der Waals surface area (Å²) in [5, 5.41) is 22.5. The van der Waals surface area contributed by atoms with Gasteiger partial charge in [-0.15, -0.1) is 0 Å². The molecule has 5 N–H and O–H groups in total. The third-order valence-corrected chi connectivity index (χ3v) is 2.60. The van der Waals surface area contributed by atoms with Gasteiger partial charge in [-0.05, 0) is 32.0 Å². The number of carbonyl (C=O) groups is 1. The van der Waals surface area contributed by atoms with Crippen LogP contribution in [0.4, 0.5) is 5.69 Å².